The van der Waals surface area contributed by atoms with Gasteiger partial charge in [-0.05, 0) is 12.1 Å². The fourth-order valence-corrected chi connectivity index (χ4v) is 1.30. The van der Waals surface area contributed by atoms with Gasteiger partial charge in [0.1, 0.15) is 5.75 Å². The van der Waals surface area contributed by atoms with Gasteiger partial charge < -0.3 is 4.74 Å². The molecule has 2 nitrogen and oxygen atoms in total. The van der Waals surface area contributed by atoms with Crippen LogP contribution in [0.5, 0.6) is 5.75 Å². The smallest absolute Gasteiger partial charge is 0.405 e. The van der Waals surface area contributed by atoms with E-state index in [0.717, 1.165) is 12.1 Å². The summed E-state index contributed by atoms with van der Waals surface area (Å²) in [6.45, 7) is 1.45. The first kappa shape index (κ1) is 14.4. The van der Waals surface area contributed by atoms with Crippen LogP contribution in [0.15, 0.2) is 18.2 Å². The number of carbonyl (C=O) groups excluding carboxylic acids is 1. The Morgan fingerprint density at radius 1 is 1.33 bits per heavy atom. The number of benzene rings is 1. The van der Waals surface area contributed by atoms with Crippen molar-refractivity contribution in [3.8, 4) is 5.75 Å². The average molecular weight is 268 g/mol. The van der Waals surface area contributed by atoms with E-state index in [-0.39, 0.29) is 12.0 Å². The molecule has 0 N–H and O–H groups in total. The first-order valence-corrected chi connectivity index (χ1v) is 4.95. The van der Waals surface area contributed by atoms with Gasteiger partial charge in [0, 0.05) is 12.0 Å². The molecule has 0 atom stereocenters. The van der Waals surface area contributed by atoms with Gasteiger partial charge in [-0.3, -0.25) is 4.79 Å². The molecular weight excluding hydrogens is 259 g/mol. The van der Waals surface area contributed by atoms with E-state index in [2.05, 4.69) is 4.74 Å². The maximum atomic E-state index is 12.4. The predicted octanol–water partition coefficient (Wildman–Crippen LogP) is 4.12. The van der Waals surface area contributed by atoms with E-state index in [1.807, 2.05) is 0 Å². The van der Waals surface area contributed by atoms with Crippen molar-refractivity contribution >= 4 is 5.78 Å². The van der Waals surface area contributed by atoms with Gasteiger partial charge in [-0.25, -0.2) is 8.78 Å². The fourth-order valence-electron chi connectivity index (χ4n) is 1.30. The highest BCUT2D eigenvalue weighted by Gasteiger charge is 2.33. The van der Waals surface area contributed by atoms with Gasteiger partial charge in [-0.1, -0.05) is 13.0 Å². The lowest BCUT2D eigenvalue weighted by atomic mass is 10.1. The van der Waals surface area contributed by atoms with E-state index >= 15 is 0 Å². The molecule has 0 aliphatic heterocycles. The molecule has 0 bridgehead atoms. The number of ether oxygens (including phenoxy) is 1. The summed E-state index contributed by atoms with van der Waals surface area (Å²) in [7, 11) is 0. The predicted molar refractivity (Wildman–Crippen MR) is 52.7 cm³/mol. The second-order valence-corrected chi connectivity index (χ2v) is 3.38. The minimum absolute atomic E-state index is 0.0533. The second-order valence-electron chi connectivity index (χ2n) is 3.38. The first-order chi connectivity index (χ1) is 8.24. The van der Waals surface area contributed by atoms with Crippen LogP contribution in [0.25, 0.3) is 0 Å². The Kier molecular flexibility index (Phi) is 4.26. The number of alkyl halides is 5. The summed E-state index contributed by atoms with van der Waals surface area (Å²) in [5.41, 5.74) is -0.999. The van der Waals surface area contributed by atoms with E-state index in [9.17, 15) is 26.7 Å². The Balaban J connectivity index is 3.22. The van der Waals surface area contributed by atoms with Gasteiger partial charge in [0.25, 0.3) is 6.43 Å². The molecule has 0 heterocycles. The number of carbonyl (C=O) groups is 1. The van der Waals surface area contributed by atoms with Crippen LogP contribution in [0.1, 0.15) is 35.7 Å². The largest absolute Gasteiger partial charge is 0.573 e. The highest BCUT2D eigenvalue weighted by Crippen LogP contribution is 2.31. The number of hydrogen-bond acceptors (Lipinski definition) is 2. The van der Waals surface area contributed by atoms with Crippen molar-refractivity contribution in [2.45, 2.75) is 26.1 Å². The van der Waals surface area contributed by atoms with Crippen molar-refractivity contribution in [1.82, 2.24) is 0 Å². The summed E-state index contributed by atoms with van der Waals surface area (Å²) >= 11 is 0. The zero-order valence-electron chi connectivity index (χ0n) is 9.22. The van der Waals surface area contributed by atoms with Crippen molar-refractivity contribution in [3.05, 3.63) is 29.3 Å². The Labute approximate surface area is 99.4 Å². The molecule has 0 unspecified atom stereocenters. The molecule has 0 saturated carbocycles. The average Bonchev–Trinajstić information content (AvgIpc) is 2.25. The van der Waals surface area contributed by atoms with Crippen molar-refractivity contribution in [2.24, 2.45) is 0 Å². The quantitative estimate of drug-likeness (QED) is 0.606. The van der Waals surface area contributed by atoms with Crippen molar-refractivity contribution < 1.29 is 31.5 Å². The minimum Gasteiger partial charge on any atom is -0.405 e. The summed E-state index contributed by atoms with van der Waals surface area (Å²) in [6, 6.07) is 2.34. The molecule has 0 spiro atoms. The molecule has 0 amide bonds. The zero-order valence-corrected chi connectivity index (χ0v) is 9.22. The first-order valence-electron chi connectivity index (χ1n) is 4.95. The highest BCUT2D eigenvalue weighted by atomic mass is 19.4. The molecule has 0 radical (unpaired) electrons. The number of Topliss-reactive ketones (excluding diaryl/α,β-unsaturated/α-hetero) is 1. The van der Waals surface area contributed by atoms with Gasteiger partial charge >= 0.3 is 6.36 Å². The molecular formula is C11H9F5O2. The third-order valence-electron chi connectivity index (χ3n) is 2.10. The summed E-state index contributed by atoms with van der Waals surface area (Å²) in [5, 5.41) is 0. The number of hydrogen-bond donors (Lipinski definition) is 0. The summed E-state index contributed by atoms with van der Waals surface area (Å²) in [5.74, 6) is -1.51. The SMILES string of the molecule is CCC(=O)c1ccc(C(F)F)cc1OC(F)(F)F. The third kappa shape index (κ3) is 3.68. The van der Waals surface area contributed by atoms with Crippen LogP contribution < -0.4 is 4.74 Å². The van der Waals surface area contributed by atoms with Gasteiger partial charge in [-0.2, -0.15) is 0 Å². The van der Waals surface area contributed by atoms with Crippen LogP contribution in [0.2, 0.25) is 0 Å². The summed E-state index contributed by atoms with van der Waals surface area (Å²) in [6.07, 6.45) is -8.03. The molecule has 0 saturated heterocycles. The van der Waals surface area contributed by atoms with Crippen LogP contribution in [-0.4, -0.2) is 12.1 Å². The van der Waals surface area contributed by atoms with E-state index in [1.54, 1.807) is 0 Å². The Hall–Kier alpha value is -1.66. The Morgan fingerprint density at radius 2 is 1.94 bits per heavy atom. The standard InChI is InChI=1S/C11H9F5O2/c1-2-8(17)7-4-3-6(10(12)13)5-9(7)18-11(14,15)16/h3-5,10H,2H2,1H3. The molecule has 0 fully saturated rings. The summed E-state index contributed by atoms with van der Waals surface area (Å²) < 4.78 is 64.6. The third-order valence-corrected chi connectivity index (χ3v) is 2.10. The second kappa shape index (κ2) is 5.32. The molecule has 100 valence electrons. The highest BCUT2D eigenvalue weighted by molar-refractivity contribution is 5.98. The van der Waals surface area contributed by atoms with Gasteiger partial charge in [0.15, 0.2) is 5.78 Å². The fraction of sp³-hybridized carbons (Fsp3) is 0.364. The topological polar surface area (TPSA) is 26.3 Å². The van der Waals surface area contributed by atoms with Gasteiger partial charge in [-0.15, -0.1) is 13.2 Å². The molecule has 7 heteroatoms. The maximum absolute atomic E-state index is 12.4. The van der Waals surface area contributed by atoms with E-state index in [4.69, 9.17) is 0 Å². The molecule has 18 heavy (non-hydrogen) atoms. The van der Waals surface area contributed by atoms with Crippen LogP contribution in [0.4, 0.5) is 22.0 Å². The van der Waals surface area contributed by atoms with E-state index in [1.165, 1.54) is 6.92 Å². The maximum Gasteiger partial charge on any atom is 0.573 e. The number of rotatable bonds is 4. The molecule has 0 aromatic heterocycles. The minimum atomic E-state index is -5.04. The van der Waals surface area contributed by atoms with Crippen LogP contribution in [-0.2, 0) is 0 Å². The Bertz CT molecular complexity index is 440. The molecule has 1 rings (SSSR count). The molecule has 0 aliphatic rings. The lowest BCUT2D eigenvalue weighted by Gasteiger charge is -2.13. The van der Waals surface area contributed by atoms with Crippen molar-refractivity contribution in [3.63, 3.8) is 0 Å². The molecule has 0 aliphatic carbocycles. The van der Waals surface area contributed by atoms with E-state index < -0.39 is 29.9 Å². The van der Waals surface area contributed by atoms with Crippen LogP contribution in [0, 0.1) is 0 Å². The molecule has 1 aromatic carbocycles. The summed E-state index contributed by atoms with van der Waals surface area (Å²) in [4.78, 5) is 11.4. The van der Waals surface area contributed by atoms with Gasteiger partial charge in [0.05, 0.1) is 5.56 Å². The van der Waals surface area contributed by atoms with Gasteiger partial charge in [0.2, 0.25) is 0 Å². The Morgan fingerprint density at radius 3 is 2.39 bits per heavy atom. The van der Waals surface area contributed by atoms with Crippen LogP contribution in [0.3, 0.4) is 0 Å². The number of halogens is 5. The normalized spacial score (nSPS) is 11.7. The van der Waals surface area contributed by atoms with Crippen molar-refractivity contribution in [2.75, 3.05) is 0 Å². The lowest BCUT2D eigenvalue weighted by molar-refractivity contribution is -0.274. The van der Waals surface area contributed by atoms with E-state index in [0.29, 0.717) is 6.07 Å². The number of ketones is 1. The monoisotopic (exact) mass is 268 g/mol. The van der Waals surface area contributed by atoms with Crippen molar-refractivity contribution in [1.29, 1.82) is 0 Å². The lowest BCUT2D eigenvalue weighted by Crippen LogP contribution is -2.19. The molecule has 1 aromatic rings. The van der Waals surface area contributed by atoms with Crippen LogP contribution >= 0.6 is 0 Å². The zero-order chi connectivity index (χ0) is 13.9.